The third-order valence-corrected chi connectivity index (χ3v) is 4.71. The number of imidazole rings is 2. The molecule has 0 saturated carbocycles. The zero-order valence-electron chi connectivity index (χ0n) is 18.6. The summed E-state index contributed by atoms with van der Waals surface area (Å²) in [7, 11) is 0. The molecule has 4 aromatic rings. The molecule has 2 aromatic carbocycles. The molecule has 4 rings (SSSR count). The summed E-state index contributed by atoms with van der Waals surface area (Å²) in [5, 5.41) is 0. The van der Waals surface area contributed by atoms with Crippen molar-refractivity contribution in [3.63, 3.8) is 0 Å². The van der Waals surface area contributed by atoms with Crippen molar-refractivity contribution in [1.29, 1.82) is 0 Å². The maximum atomic E-state index is 12.4. The average Bonchev–Trinajstić information content (AvgIpc) is 3.36. The van der Waals surface area contributed by atoms with Crippen molar-refractivity contribution < 1.29 is 47.4 Å². The van der Waals surface area contributed by atoms with Crippen LogP contribution in [0.5, 0.6) is 0 Å². The Labute approximate surface area is 212 Å². The molecule has 0 aliphatic rings. The number of benzene rings is 2. The van der Waals surface area contributed by atoms with Crippen molar-refractivity contribution in [2.45, 2.75) is 39.3 Å². The molecule has 2 heterocycles. The van der Waals surface area contributed by atoms with Gasteiger partial charge in [-0.1, -0.05) is 13.8 Å². The van der Waals surface area contributed by atoms with Crippen LogP contribution in [-0.4, -0.2) is 31.5 Å². The standard InChI is InChI=1S/2C12H10F3N2.Pt/c2*1-9-4-2-3-5-10(9)11-16-6-7-17(11)8-12(13,14)15;/h2*2-4,6-7H,8H2,1H3;/q2*-1;+2. The molecular formula is C24H20F6N4Pt. The van der Waals surface area contributed by atoms with Crippen molar-refractivity contribution >= 4 is 0 Å². The summed E-state index contributed by atoms with van der Waals surface area (Å²) in [5.41, 5.74) is 2.90. The van der Waals surface area contributed by atoms with Crippen LogP contribution in [0.1, 0.15) is 11.1 Å². The van der Waals surface area contributed by atoms with Crippen LogP contribution in [-0.2, 0) is 34.2 Å². The minimum Gasteiger partial charge on any atom is -0.362 e. The predicted octanol–water partition coefficient (Wildman–Crippen LogP) is 6.44. The zero-order chi connectivity index (χ0) is 24.9. The molecule has 0 saturated heterocycles. The van der Waals surface area contributed by atoms with Crippen LogP contribution >= 0.6 is 0 Å². The van der Waals surface area contributed by atoms with Gasteiger partial charge in [0.2, 0.25) is 0 Å². The summed E-state index contributed by atoms with van der Waals surface area (Å²) < 4.78 is 76.3. The van der Waals surface area contributed by atoms with Crippen LogP contribution < -0.4 is 0 Å². The van der Waals surface area contributed by atoms with Gasteiger partial charge in [0.1, 0.15) is 13.1 Å². The van der Waals surface area contributed by atoms with E-state index in [1.807, 2.05) is 26.0 Å². The molecule has 35 heavy (non-hydrogen) atoms. The number of hydrogen-bond acceptors (Lipinski definition) is 2. The van der Waals surface area contributed by atoms with E-state index in [0.717, 1.165) is 20.3 Å². The van der Waals surface area contributed by atoms with Crippen LogP contribution in [0.4, 0.5) is 26.3 Å². The second-order valence-electron chi connectivity index (χ2n) is 7.44. The number of halogens is 6. The predicted molar refractivity (Wildman–Crippen MR) is 115 cm³/mol. The average molecular weight is 674 g/mol. The normalized spacial score (nSPS) is 11.4. The van der Waals surface area contributed by atoms with Gasteiger partial charge in [-0.15, -0.1) is 70.8 Å². The van der Waals surface area contributed by atoms with Gasteiger partial charge in [0.15, 0.2) is 0 Å². The molecule has 11 heteroatoms. The van der Waals surface area contributed by atoms with Crippen LogP contribution in [0.2, 0.25) is 0 Å². The molecule has 0 amide bonds. The first-order valence-corrected chi connectivity index (χ1v) is 10.1. The van der Waals surface area contributed by atoms with Crippen LogP contribution in [0.15, 0.2) is 61.2 Å². The van der Waals surface area contributed by atoms with Crippen LogP contribution in [0.25, 0.3) is 22.8 Å². The molecule has 0 unspecified atom stereocenters. The fraction of sp³-hybridized carbons (Fsp3) is 0.250. The first kappa shape index (κ1) is 28.4. The number of aromatic nitrogens is 4. The third kappa shape index (κ3) is 8.09. The molecular weight excluding hydrogens is 653 g/mol. The maximum absolute atomic E-state index is 12.4. The van der Waals surface area contributed by atoms with Crippen molar-refractivity contribution in [1.82, 2.24) is 19.1 Å². The van der Waals surface area contributed by atoms with E-state index < -0.39 is 25.4 Å². The number of hydrogen-bond donors (Lipinski definition) is 0. The van der Waals surface area contributed by atoms with Crippen molar-refractivity contribution in [2.24, 2.45) is 0 Å². The quantitative estimate of drug-likeness (QED) is 0.185. The third-order valence-electron chi connectivity index (χ3n) is 4.71. The molecule has 4 nitrogen and oxygen atoms in total. The fourth-order valence-corrected chi connectivity index (χ4v) is 3.24. The van der Waals surface area contributed by atoms with E-state index in [0.29, 0.717) is 22.8 Å². The van der Waals surface area contributed by atoms with Crippen LogP contribution in [0.3, 0.4) is 0 Å². The Bertz CT molecular complexity index is 1130. The number of alkyl halides is 6. The molecule has 0 spiro atoms. The molecule has 0 N–H and O–H groups in total. The Kier molecular flexibility index (Phi) is 9.49. The Balaban J connectivity index is 0.000000240. The number of nitrogens with zero attached hydrogens (tertiary/aromatic N) is 4. The van der Waals surface area contributed by atoms with Gasteiger partial charge in [0.05, 0.1) is 11.6 Å². The zero-order valence-corrected chi connectivity index (χ0v) is 20.8. The topological polar surface area (TPSA) is 35.6 Å². The van der Waals surface area contributed by atoms with Crippen molar-refractivity contribution in [3.05, 3.63) is 84.4 Å². The first-order chi connectivity index (χ1) is 15.9. The smallest absolute Gasteiger partial charge is 0.362 e. The summed E-state index contributed by atoms with van der Waals surface area (Å²) in [6, 6.07) is 16.4. The van der Waals surface area contributed by atoms with Crippen LogP contribution in [0, 0.1) is 26.0 Å². The summed E-state index contributed by atoms with van der Waals surface area (Å²) >= 11 is 0. The van der Waals surface area contributed by atoms with Crippen molar-refractivity contribution in [2.75, 3.05) is 0 Å². The summed E-state index contributed by atoms with van der Waals surface area (Å²) in [5.74, 6) is 0.584. The number of rotatable bonds is 4. The monoisotopic (exact) mass is 673 g/mol. The van der Waals surface area contributed by atoms with Gasteiger partial charge in [-0.2, -0.15) is 26.3 Å². The second kappa shape index (κ2) is 11.7. The van der Waals surface area contributed by atoms with E-state index >= 15 is 0 Å². The molecule has 2 aromatic heterocycles. The summed E-state index contributed by atoms with van der Waals surface area (Å²) in [6.45, 7) is 1.56. The van der Waals surface area contributed by atoms with Gasteiger partial charge in [0, 0.05) is 24.8 Å². The molecule has 0 bridgehead atoms. The van der Waals surface area contributed by atoms with E-state index in [1.54, 1.807) is 24.3 Å². The summed E-state index contributed by atoms with van der Waals surface area (Å²) in [4.78, 5) is 7.93. The van der Waals surface area contributed by atoms with Gasteiger partial charge in [0.25, 0.3) is 0 Å². The molecule has 0 atom stereocenters. The fourth-order valence-electron chi connectivity index (χ4n) is 3.24. The van der Waals surface area contributed by atoms with E-state index in [-0.39, 0.29) is 21.1 Å². The Morgan fingerprint density at radius 1 is 0.714 bits per heavy atom. The second-order valence-corrected chi connectivity index (χ2v) is 7.44. The van der Waals surface area contributed by atoms with Gasteiger partial charge < -0.3 is 9.13 Å². The first-order valence-electron chi connectivity index (χ1n) is 10.1. The largest absolute Gasteiger partial charge is 2.00 e. The van der Waals surface area contributed by atoms with Gasteiger partial charge in [-0.25, -0.2) is 0 Å². The Morgan fingerprint density at radius 2 is 1.09 bits per heavy atom. The Morgan fingerprint density at radius 3 is 1.40 bits per heavy atom. The molecule has 0 aliphatic carbocycles. The van der Waals surface area contributed by atoms with E-state index in [1.165, 1.54) is 24.8 Å². The molecule has 0 radical (unpaired) electrons. The van der Waals surface area contributed by atoms with Crippen molar-refractivity contribution in [3.8, 4) is 22.8 Å². The SMILES string of the molecule is Cc1ccc[c-]c1-c1nccn1CC(F)(F)F.Cc1ccc[c-]c1-c1nccn1CC(F)(F)F.[Pt+2]. The molecule has 188 valence electrons. The van der Waals surface area contributed by atoms with Gasteiger partial charge in [-0.05, 0) is 0 Å². The van der Waals surface area contributed by atoms with E-state index in [4.69, 9.17) is 0 Å². The molecule has 0 fully saturated rings. The Hall–Kier alpha value is -2.87. The van der Waals surface area contributed by atoms with E-state index in [2.05, 4.69) is 22.1 Å². The molecule has 0 aliphatic heterocycles. The van der Waals surface area contributed by atoms with Gasteiger partial charge >= 0.3 is 33.4 Å². The summed E-state index contributed by atoms with van der Waals surface area (Å²) in [6.07, 6.45) is -3.13. The minimum absolute atomic E-state index is 0. The van der Waals surface area contributed by atoms with Gasteiger partial charge in [-0.3, -0.25) is 9.97 Å². The number of aryl methyl sites for hydroxylation is 2. The van der Waals surface area contributed by atoms with E-state index in [9.17, 15) is 26.3 Å². The maximum Gasteiger partial charge on any atom is 2.00 e. The minimum atomic E-state index is -4.25.